The molecule has 0 saturated carbocycles. The van der Waals surface area contributed by atoms with E-state index in [0.29, 0.717) is 23.4 Å². The van der Waals surface area contributed by atoms with Gasteiger partial charge in [-0.3, -0.25) is 0 Å². The molecule has 3 heterocycles. The molecule has 2 aliphatic rings. The summed E-state index contributed by atoms with van der Waals surface area (Å²) < 4.78 is 52.0. The second kappa shape index (κ2) is 11.1. The topological polar surface area (TPSA) is 80.4 Å². The van der Waals surface area contributed by atoms with Crippen molar-refractivity contribution in [1.82, 2.24) is 30.1 Å². The molecule has 0 radical (unpaired) electrons. The van der Waals surface area contributed by atoms with Crippen molar-refractivity contribution < 1.29 is 22.5 Å². The predicted octanol–water partition coefficient (Wildman–Crippen LogP) is 4.97. The molecule has 2 aromatic heterocycles. The third-order valence-electron chi connectivity index (χ3n) is 7.25. The summed E-state index contributed by atoms with van der Waals surface area (Å²) in [7, 11) is 2.15. The Labute approximate surface area is 227 Å². The molecule has 0 amide bonds. The molecule has 0 atom stereocenters. The molecule has 0 spiro atoms. The van der Waals surface area contributed by atoms with Crippen LogP contribution in [-0.2, 0) is 13.0 Å². The molecule has 0 N–H and O–H groups in total. The lowest BCUT2D eigenvalue weighted by molar-refractivity contribution is 0.139. The van der Waals surface area contributed by atoms with Gasteiger partial charge in [-0.15, -0.1) is 11.8 Å². The Kier molecular flexibility index (Phi) is 7.41. The van der Waals surface area contributed by atoms with E-state index in [-0.39, 0.29) is 12.4 Å². The van der Waals surface area contributed by atoms with Crippen molar-refractivity contribution in [2.24, 2.45) is 0 Å². The zero-order valence-electron chi connectivity index (χ0n) is 21.4. The first-order chi connectivity index (χ1) is 19.0. The highest BCUT2D eigenvalue weighted by Gasteiger charge is 2.28. The number of ether oxygens (including phenoxy) is 1. The number of fused-ring (bicyclic) bond motifs is 4. The van der Waals surface area contributed by atoms with E-state index in [1.54, 1.807) is 11.8 Å². The molecule has 39 heavy (non-hydrogen) atoms. The van der Waals surface area contributed by atoms with Gasteiger partial charge in [0, 0.05) is 48.6 Å². The molecule has 0 bridgehead atoms. The zero-order valence-corrected chi connectivity index (χ0v) is 22.2. The Morgan fingerprint density at radius 1 is 1.05 bits per heavy atom. The number of benzene rings is 2. The normalized spacial score (nSPS) is 15.7. The number of hydrogen-bond donors (Lipinski definition) is 0. The second-order valence-corrected chi connectivity index (χ2v) is 10.9. The number of nitrogens with zero attached hydrogens (tertiary/aromatic N) is 6. The van der Waals surface area contributed by atoms with Gasteiger partial charge in [0.05, 0.1) is 17.0 Å². The van der Waals surface area contributed by atoms with Crippen LogP contribution in [0.3, 0.4) is 0 Å². The Morgan fingerprint density at radius 3 is 2.64 bits per heavy atom. The molecule has 204 valence electrons. The first-order valence-corrected chi connectivity index (χ1v) is 13.8. The number of thioether (sulfide) groups is 1. The lowest BCUT2D eigenvalue weighted by Gasteiger charge is -2.32. The van der Waals surface area contributed by atoms with Gasteiger partial charge in [0.15, 0.2) is 0 Å². The smallest absolute Gasteiger partial charge is 0.270 e. The number of alkyl halides is 2. The van der Waals surface area contributed by atoms with E-state index in [2.05, 4.69) is 37.1 Å². The average molecular weight is 557 g/mol. The fourth-order valence-corrected chi connectivity index (χ4v) is 6.13. The molecule has 8 nitrogen and oxygen atoms in total. The van der Waals surface area contributed by atoms with Crippen LogP contribution in [0, 0.1) is 5.82 Å². The van der Waals surface area contributed by atoms with Gasteiger partial charge in [-0.25, -0.2) is 27.8 Å². The molecule has 12 heteroatoms. The SMILES string of the molecule is CN1CCN(CCCSc2ccc3c(c2COc2cccc(F)c2C(F)F)Cc2nc4nonc4nc2-3)CC1. The van der Waals surface area contributed by atoms with Gasteiger partial charge in [-0.1, -0.05) is 12.1 Å². The zero-order chi connectivity index (χ0) is 26.9. The van der Waals surface area contributed by atoms with Crippen LogP contribution in [0.1, 0.15) is 35.2 Å². The maximum atomic E-state index is 14.2. The van der Waals surface area contributed by atoms with Gasteiger partial charge in [0.25, 0.3) is 6.43 Å². The van der Waals surface area contributed by atoms with Gasteiger partial charge in [0.1, 0.15) is 18.2 Å². The minimum Gasteiger partial charge on any atom is -0.488 e. The largest absolute Gasteiger partial charge is 0.488 e. The summed E-state index contributed by atoms with van der Waals surface area (Å²) in [6.45, 7) is 5.35. The molecule has 1 aliphatic carbocycles. The summed E-state index contributed by atoms with van der Waals surface area (Å²) in [5.41, 5.74) is 4.09. The van der Waals surface area contributed by atoms with Crippen molar-refractivity contribution in [3.8, 4) is 17.0 Å². The maximum Gasteiger partial charge on any atom is 0.270 e. The summed E-state index contributed by atoms with van der Waals surface area (Å²) >= 11 is 1.71. The quantitative estimate of drug-likeness (QED) is 0.185. The van der Waals surface area contributed by atoms with E-state index in [1.165, 1.54) is 12.1 Å². The second-order valence-electron chi connectivity index (χ2n) is 9.76. The molecular formula is C27H27F3N6O2S. The van der Waals surface area contributed by atoms with E-state index >= 15 is 0 Å². The minimum atomic E-state index is -2.99. The molecule has 1 fully saturated rings. The lowest BCUT2D eigenvalue weighted by Crippen LogP contribution is -2.44. The average Bonchev–Trinajstić information content (AvgIpc) is 3.53. The first-order valence-electron chi connectivity index (χ1n) is 12.9. The van der Waals surface area contributed by atoms with E-state index in [4.69, 9.17) is 9.37 Å². The standard InChI is InChI=1S/C27H27F3N6O2S/c1-35-9-11-36(12-10-35)8-3-13-39-22-7-6-16-17(14-20-24(16)32-27-26(31-20)33-38-34-27)18(22)15-37-21-5-2-4-19(28)23(21)25(29)30/h2,4-7,25H,3,8-15H2,1H3. The molecule has 6 rings (SSSR count). The number of likely N-dealkylation sites (N-methyl/N-ethyl adjacent to an activating group) is 1. The molecule has 4 aromatic rings. The molecule has 2 aromatic carbocycles. The van der Waals surface area contributed by atoms with Gasteiger partial charge in [0.2, 0.25) is 11.3 Å². The van der Waals surface area contributed by atoms with Crippen LogP contribution in [-0.4, -0.2) is 75.6 Å². The van der Waals surface area contributed by atoms with E-state index in [0.717, 1.165) is 78.2 Å². The number of aromatic nitrogens is 4. The summed E-state index contributed by atoms with van der Waals surface area (Å²) in [5, 5.41) is 7.61. The number of halogens is 3. The van der Waals surface area contributed by atoms with Crippen LogP contribution in [0.5, 0.6) is 5.75 Å². The third kappa shape index (κ3) is 5.32. The fraction of sp³-hybridized carbons (Fsp3) is 0.407. The van der Waals surface area contributed by atoms with Crippen molar-refractivity contribution in [3.63, 3.8) is 0 Å². The van der Waals surface area contributed by atoms with E-state index < -0.39 is 17.8 Å². The molecular weight excluding hydrogens is 529 g/mol. The highest BCUT2D eigenvalue weighted by Crippen LogP contribution is 2.41. The summed E-state index contributed by atoms with van der Waals surface area (Å²) in [6, 6.07) is 7.79. The highest BCUT2D eigenvalue weighted by atomic mass is 32.2. The van der Waals surface area contributed by atoms with Crippen LogP contribution in [0.15, 0.2) is 39.9 Å². The van der Waals surface area contributed by atoms with Crippen molar-refractivity contribution >= 4 is 23.1 Å². The van der Waals surface area contributed by atoms with Gasteiger partial charge >= 0.3 is 0 Å². The first kappa shape index (κ1) is 26.0. The van der Waals surface area contributed by atoms with Crippen LogP contribution in [0.4, 0.5) is 13.2 Å². The predicted molar refractivity (Wildman–Crippen MR) is 141 cm³/mol. The van der Waals surface area contributed by atoms with Crippen LogP contribution < -0.4 is 4.74 Å². The van der Waals surface area contributed by atoms with Crippen LogP contribution in [0.25, 0.3) is 22.6 Å². The van der Waals surface area contributed by atoms with Crippen molar-refractivity contribution in [1.29, 1.82) is 0 Å². The summed E-state index contributed by atoms with van der Waals surface area (Å²) in [4.78, 5) is 15.0. The van der Waals surface area contributed by atoms with Gasteiger partial charge < -0.3 is 14.5 Å². The van der Waals surface area contributed by atoms with Crippen molar-refractivity contribution in [2.45, 2.75) is 30.8 Å². The third-order valence-corrected chi connectivity index (χ3v) is 8.44. The monoisotopic (exact) mass is 556 g/mol. The highest BCUT2D eigenvalue weighted by molar-refractivity contribution is 7.99. The number of hydrogen-bond acceptors (Lipinski definition) is 9. The van der Waals surface area contributed by atoms with Crippen molar-refractivity contribution in [3.05, 3.63) is 58.5 Å². The van der Waals surface area contributed by atoms with E-state index in [9.17, 15) is 13.2 Å². The van der Waals surface area contributed by atoms with E-state index in [1.807, 2.05) is 12.1 Å². The number of rotatable bonds is 9. The van der Waals surface area contributed by atoms with Crippen molar-refractivity contribution in [2.75, 3.05) is 45.5 Å². The Hall–Kier alpha value is -3.22. The van der Waals surface area contributed by atoms with Crippen LogP contribution in [0.2, 0.25) is 0 Å². The minimum absolute atomic E-state index is 0.0126. The Morgan fingerprint density at radius 2 is 1.85 bits per heavy atom. The number of piperazine rings is 1. The van der Waals surface area contributed by atoms with Crippen LogP contribution >= 0.6 is 11.8 Å². The van der Waals surface area contributed by atoms with Gasteiger partial charge in [-0.05, 0) is 59.8 Å². The Balaban J connectivity index is 1.26. The summed E-state index contributed by atoms with van der Waals surface area (Å²) in [6.07, 6.45) is -1.48. The lowest BCUT2D eigenvalue weighted by atomic mass is 10.0. The van der Waals surface area contributed by atoms with Gasteiger partial charge in [-0.2, -0.15) is 0 Å². The molecule has 1 saturated heterocycles. The Bertz CT molecular complexity index is 1490. The summed E-state index contributed by atoms with van der Waals surface area (Å²) in [5.74, 6) is -0.244. The molecule has 1 aliphatic heterocycles. The molecule has 0 unspecified atom stereocenters. The fourth-order valence-electron chi connectivity index (χ4n) is 5.11. The maximum absolute atomic E-state index is 14.2.